The minimum Gasteiger partial charge on any atom is -0.492 e. The molecular weight excluding hydrogens is 254 g/mol. The van der Waals surface area contributed by atoms with Crippen LogP contribution < -0.4 is 10.1 Å². The van der Waals surface area contributed by atoms with Crippen LogP contribution in [0.4, 0.5) is 5.82 Å². The van der Waals surface area contributed by atoms with Crippen molar-refractivity contribution in [2.45, 2.75) is 12.5 Å². The van der Waals surface area contributed by atoms with Gasteiger partial charge in [0, 0.05) is 25.8 Å². The molecule has 1 aliphatic rings. The summed E-state index contributed by atoms with van der Waals surface area (Å²) < 4.78 is 10.9. The van der Waals surface area contributed by atoms with Gasteiger partial charge in [0.25, 0.3) is 0 Å². The van der Waals surface area contributed by atoms with E-state index in [1.165, 1.54) is 0 Å². The Hall–Kier alpha value is -2.14. The average molecular weight is 271 g/mol. The molecule has 2 aromatic rings. The van der Waals surface area contributed by atoms with Crippen LogP contribution in [0.2, 0.25) is 0 Å². The third kappa shape index (κ3) is 2.32. The van der Waals surface area contributed by atoms with E-state index in [1.54, 1.807) is 7.11 Å². The van der Waals surface area contributed by atoms with Gasteiger partial charge in [-0.25, -0.2) is 9.97 Å². The molecule has 5 nitrogen and oxygen atoms in total. The minimum absolute atomic E-state index is 0.0788. The summed E-state index contributed by atoms with van der Waals surface area (Å²) in [6.45, 7) is 1.05. The van der Waals surface area contributed by atoms with Crippen LogP contribution in [0, 0.1) is 0 Å². The predicted octanol–water partition coefficient (Wildman–Crippen LogP) is 2.19. The maximum atomic E-state index is 5.71. The van der Waals surface area contributed by atoms with Crippen LogP contribution in [0.1, 0.15) is 23.0 Å². The van der Waals surface area contributed by atoms with Crippen LogP contribution in [-0.2, 0) is 11.3 Å². The van der Waals surface area contributed by atoms with Gasteiger partial charge >= 0.3 is 0 Å². The summed E-state index contributed by atoms with van der Waals surface area (Å²) in [4.78, 5) is 9.15. The molecule has 0 radical (unpaired) electrons. The van der Waals surface area contributed by atoms with E-state index in [4.69, 9.17) is 9.47 Å². The van der Waals surface area contributed by atoms with Crippen LogP contribution in [0.15, 0.2) is 30.3 Å². The lowest BCUT2D eigenvalue weighted by molar-refractivity contribution is 0.181. The molecule has 1 atom stereocenters. The number of fused-ring (bicyclic) bond motifs is 1. The molecule has 0 saturated carbocycles. The second-order valence-corrected chi connectivity index (χ2v) is 4.69. The lowest BCUT2D eigenvalue weighted by Gasteiger charge is -2.11. The monoisotopic (exact) mass is 271 g/mol. The van der Waals surface area contributed by atoms with Crippen molar-refractivity contribution in [1.82, 2.24) is 9.97 Å². The van der Waals surface area contributed by atoms with Crippen LogP contribution in [-0.4, -0.2) is 30.7 Å². The highest BCUT2D eigenvalue weighted by Crippen LogP contribution is 2.36. The quantitative estimate of drug-likeness (QED) is 0.923. The van der Waals surface area contributed by atoms with E-state index in [9.17, 15) is 0 Å². The fourth-order valence-corrected chi connectivity index (χ4v) is 2.40. The van der Waals surface area contributed by atoms with Gasteiger partial charge in [0.15, 0.2) is 0 Å². The van der Waals surface area contributed by atoms with Crippen molar-refractivity contribution in [3.05, 3.63) is 47.4 Å². The highest BCUT2D eigenvalue weighted by atomic mass is 16.5. The zero-order valence-electron chi connectivity index (χ0n) is 11.6. The van der Waals surface area contributed by atoms with Gasteiger partial charge in [0.2, 0.25) is 0 Å². The largest absolute Gasteiger partial charge is 0.492 e. The Kier molecular flexibility index (Phi) is 3.52. The van der Waals surface area contributed by atoms with E-state index < -0.39 is 0 Å². The highest BCUT2D eigenvalue weighted by molar-refractivity contribution is 5.44. The van der Waals surface area contributed by atoms with Crippen molar-refractivity contribution in [3.8, 4) is 5.75 Å². The summed E-state index contributed by atoms with van der Waals surface area (Å²) >= 11 is 0. The molecular formula is C15H17N3O2. The van der Waals surface area contributed by atoms with Crippen LogP contribution in [0.5, 0.6) is 5.75 Å². The number of nitrogens with zero attached hydrogens (tertiary/aromatic N) is 2. The molecule has 1 unspecified atom stereocenters. The number of aromatic nitrogens is 2. The number of rotatable bonds is 4. The molecule has 1 aliphatic heterocycles. The molecule has 1 aromatic heterocycles. The van der Waals surface area contributed by atoms with Crippen molar-refractivity contribution in [2.24, 2.45) is 0 Å². The Balaban J connectivity index is 2.00. The van der Waals surface area contributed by atoms with Gasteiger partial charge in [-0.15, -0.1) is 0 Å². The smallest absolute Gasteiger partial charge is 0.142 e. The number of anilines is 1. The summed E-state index contributed by atoms with van der Waals surface area (Å²) in [5.74, 6) is 2.57. The van der Waals surface area contributed by atoms with Gasteiger partial charge < -0.3 is 14.8 Å². The summed E-state index contributed by atoms with van der Waals surface area (Å²) in [7, 11) is 3.51. The number of nitrogens with one attached hydrogen (secondary N) is 1. The van der Waals surface area contributed by atoms with Crippen molar-refractivity contribution >= 4 is 5.82 Å². The van der Waals surface area contributed by atoms with Gasteiger partial charge in [0.1, 0.15) is 24.0 Å². The molecule has 1 aromatic carbocycles. The molecule has 5 heteroatoms. The average Bonchev–Trinajstić information content (AvgIpc) is 2.91. The SMILES string of the molecule is CNc1cc(COC)nc(C2COc3ccccc32)n1. The van der Waals surface area contributed by atoms with Gasteiger partial charge in [-0.2, -0.15) is 0 Å². The Bertz CT molecular complexity index is 616. The normalized spacial score (nSPS) is 16.6. The fraction of sp³-hybridized carbons (Fsp3) is 0.333. The van der Waals surface area contributed by atoms with E-state index in [0.717, 1.165) is 28.6 Å². The van der Waals surface area contributed by atoms with Gasteiger partial charge in [-0.1, -0.05) is 18.2 Å². The lowest BCUT2D eigenvalue weighted by Crippen LogP contribution is -2.11. The number of hydrogen-bond donors (Lipinski definition) is 1. The van der Waals surface area contributed by atoms with Crippen LogP contribution >= 0.6 is 0 Å². The van der Waals surface area contributed by atoms with Gasteiger partial charge in [-0.05, 0) is 6.07 Å². The van der Waals surface area contributed by atoms with E-state index >= 15 is 0 Å². The first-order valence-electron chi connectivity index (χ1n) is 6.58. The number of ether oxygens (including phenoxy) is 2. The molecule has 0 saturated heterocycles. The van der Waals surface area contributed by atoms with Crippen molar-refractivity contribution in [2.75, 3.05) is 26.1 Å². The molecule has 104 valence electrons. The van der Waals surface area contributed by atoms with E-state index in [2.05, 4.69) is 21.4 Å². The van der Waals surface area contributed by atoms with Crippen LogP contribution in [0.3, 0.4) is 0 Å². The van der Waals surface area contributed by atoms with E-state index in [-0.39, 0.29) is 5.92 Å². The zero-order chi connectivity index (χ0) is 13.9. The molecule has 0 spiro atoms. The van der Waals surface area contributed by atoms with E-state index in [1.807, 2.05) is 31.3 Å². The summed E-state index contributed by atoms with van der Waals surface area (Å²) in [5, 5.41) is 3.07. The Labute approximate surface area is 118 Å². The standard InChI is InChI=1S/C15H17N3O2/c1-16-14-7-10(8-19-2)17-15(18-14)12-9-20-13-6-4-3-5-11(12)13/h3-7,12H,8-9H2,1-2H3,(H,16,17,18). The Morgan fingerprint density at radius 2 is 2.20 bits per heavy atom. The molecule has 1 N–H and O–H groups in total. The number of hydrogen-bond acceptors (Lipinski definition) is 5. The summed E-state index contributed by atoms with van der Waals surface area (Å²) in [6, 6.07) is 9.93. The van der Waals surface area contributed by atoms with Crippen molar-refractivity contribution in [1.29, 1.82) is 0 Å². The first-order chi connectivity index (χ1) is 9.81. The third-order valence-corrected chi connectivity index (χ3v) is 3.36. The van der Waals surface area contributed by atoms with Gasteiger partial charge in [-0.3, -0.25) is 0 Å². The van der Waals surface area contributed by atoms with E-state index in [0.29, 0.717) is 13.2 Å². The maximum absolute atomic E-state index is 5.71. The fourth-order valence-electron chi connectivity index (χ4n) is 2.40. The summed E-state index contributed by atoms with van der Waals surface area (Å²) in [6.07, 6.45) is 0. The minimum atomic E-state index is 0.0788. The third-order valence-electron chi connectivity index (χ3n) is 3.36. The molecule has 20 heavy (non-hydrogen) atoms. The Morgan fingerprint density at radius 1 is 1.35 bits per heavy atom. The topological polar surface area (TPSA) is 56.3 Å². The highest BCUT2D eigenvalue weighted by Gasteiger charge is 2.28. The second kappa shape index (κ2) is 5.46. The Morgan fingerprint density at radius 3 is 3.00 bits per heavy atom. The number of benzene rings is 1. The second-order valence-electron chi connectivity index (χ2n) is 4.69. The first-order valence-corrected chi connectivity index (χ1v) is 6.58. The van der Waals surface area contributed by atoms with Gasteiger partial charge in [0.05, 0.1) is 18.2 Å². The van der Waals surface area contributed by atoms with Crippen molar-refractivity contribution < 1.29 is 9.47 Å². The molecule has 0 fully saturated rings. The molecule has 0 bridgehead atoms. The predicted molar refractivity (Wildman–Crippen MR) is 76.1 cm³/mol. The number of methoxy groups -OCH3 is 1. The van der Waals surface area contributed by atoms with Crippen LogP contribution in [0.25, 0.3) is 0 Å². The first kappa shape index (κ1) is 12.9. The maximum Gasteiger partial charge on any atom is 0.142 e. The molecule has 0 aliphatic carbocycles. The number of para-hydroxylation sites is 1. The van der Waals surface area contributed by atoms with Crippen molar-refractivity contribution in [3.63, 3.8) is 0 Å². The molecule has 2 heterocycles. The summed E-state index contributed by atoms with van der Waals surface area (Å²) in [5.41, 5.74) is 2.01. The molecule has 3 rings (SSSR count). The zero-order valence-corrected chi connectivity index (χ0v) is 11.6. The lowest BCUT2D eigenvalue weighted by atomic mass is 10.0. The molecule has 0 amide bonds.